The third kappa shape index (κ3) is 4.39. The van der Waals surface area contributed by atoms with Crippen LogP contribution in [-0.4, -0.2) is 18.9 Å². The van der Waals surface area contributed by atoms with Gasteiger partial charge in [-0.2, -0.15) is 0 Å². The van der Waals surface area contributed by atoms with E-state index in [1.807, 2.05) is 24.3 Å². The van der Waals surface area contributed by atoms with Crippen molar-refractivity contribution in [1.29, 1.82) is 0 Å². The van der Waals surface area contributed by atoms with Crippen LogP contribution < -0.4 is 0 Å². The molecule has 0 N–H and O–H groups in total. The van der Waals surface area contributed by atoms with Gasteiger partial charge in [0.2, 0.25) is 5.95 Å². The highest BCUT2D eigenvalue weighted by atomic mass is 15.2. The van der Waals surface area contributed by atoms with Gasteiger partial charge in [0.25, 0.3) is 0 Å². The van der Waals surface area contributed by atoms with E-state index < -0.39 is 0 Å². The maximum Gasteiger partial charge on any atom is 0.221 e. The molecule has 3 heterocycles. The zero-order chi connectivity index (χ0) is 29.5. The third-order valence-electron chi connectivity index (χ3n) is 8.23. The van der Waals surface area contributed by atoms with Gasteiger partial charge >= 0.3 is 0 Å². The van der Waals surface area contributed by atoms with Gasteiger partial charge in [-0.15, -0.1) is 0 Å². The minimum atomic E-state index is 0.826. The Morgan fingerprint density at radius 3 is 2.30 bits per heavy atom. The minimum Gasteiger partial charge on any atom is -0.283 e. The third-order valence-corrected chi connectivity index (χ3v) is 8.23. The van der Waals surface area contributed by atoms with Gasteiger partial charge in [-0.3, -0.25) is 8.97 Å². The van der Waals surface area contributed by atoms with Crippen LogP contribution in [0.2, 0.25) is 0 Å². The van der Waals surface area contributed by atoms with E-state index in [-0.39, 0.29) is 0 Å². The number of allylic oxidation sites excluding steroid dienone is 6. The average molecular weight is 557 g/mol. The highest BCUT2D eigenvalue weighted by molar-refractivity contribution is 6.01. The summed E-state index contributed by atoms with van der Waals surface area (Å²) in [5.41, 5.74) is 11.9. The summed E-state index contributed by atoms with van der Waals surface area (Å²) in [6.07, 6.45) is 10.4. The summed E-state index contributed by atoms with van der Waals surface area (Å²) in [5, 5.41) is 2.20. The number of fused-ring (bicyclic) bond motifs is 6. The molecule has 0 aliphatic rings. The maximum absolute atomic E-state index is 5.30. The zero-order valence-electron chi connectivity index (χ0n) is 24.6. The summed E-state index contributed by atoms with van der Waals surface area (Å²) in [7, 11) is 0. The lowest BCUT2D eigenvalue weighted by Crippen LogP contribution is -2.08. The molecule has 7 aromatic rings. The van der Waals surface area contributed by atoms with Crippen molar-refractivity contribution in [2.45, 2.75) is 20.8 Å². The van der Waals surface area contributed by atoms with Crippen molar-refractivity contribution in [3.05, 3.63) is 150 Å². The van der Waals surface area contributed by atoms with Crippen molar-refractivity contribution >= 4 is 55.7 Å². The quantitative estimate of drug-likeness (QED) is 0.191. The Hall–Kier alpha value is -5.48. The van der Waals surface area contributed by atoms with Crippen LogP contribution in [-0.2, 0) is 0 Å². The number of aromatic nitrogens is 4. The molecule has 4 aromatic carbocycles. The van der Waals surface area contributed by atoms with E-state index in [4.69, 9.17) is 9.97 Å². The van der Waals surface area contributed by atoms with E-state index in [2.05, 4.69) is 139 Å². The molecule has 43 heavy (non-hydrogen) atoms. The predicted octanol–water partition coefficient (Wildman–Crippen LogP) is 9.99. The molecule has 4 heteroatoms. The first-order valence-corrected chi connectivity index (χ1v) is 14.6. The summed E-state index contributed by atoms with van der Waals surface area (Å²) < 4.78 is 4.51. The zero-order valence-corrected chi connectivity index (χ0v) is 24.6. The average Bonchev–Trinajstić information content (AvgIpc) is 3.57. The second-order valence-electron chi connectivity index (χ2n) is 10.8. The molecule has 4 nitrogen and oxygen atoms in total. The number of hydrogen-bond donors (Lipinski definition) is 0. The minimum absolute atomic E-state index is 0.826. The van der Waals surface area contributed by atoms with E-state index in [0.717, 1.165) is 55.9 Å². The Balaban J connectivity index is 1.59. The molecule has 208 valence electrons. The molecule has 0 fully saturated rings. The smallest absolute Gasteiger partial charge is 0.221 e. The number of hydrogen-bond acceptors (Lipinski definition) is 2. The van der Waals surface area contributed by atoms with Gasteiger partial charge in [0.15, 0.2) is 0 Å². The molecule has 0 saturated carbocycles. The van der Waals surface area contributed by atoms with Gasteiger partial charge in [-0.05, 0) is 85.5 Å². The molecular formula is C39H32N4. The van der Waals surface area contributed by atoms with Crippen molar-refractivity contribution in [2.75, 3.05) is 0 Å². The largest absolute Gasteiger partial charge is 0.283 e. The summed E-state index contributed by atoms with van der Waals surface area (Å²) in [6.45, 7) is 10.3. The van der Waals surface area contributed by atoms with Gasteiger partial charge in [-0.25, -0.2) is 9.97 Å². The summed E-state index contributed by atoms with van der Waals surface area (Å²) >= 11 is 0. The van der Waals surface area contributed by atoms with E-state index >= 15 is 0 Å². The van der Waals surface area contributed by atoms with Crippen LogP contribution in [0.15, 0.2) is 128 Å². The van der Waals surface area contributed by atoms with Crippen molar-refractivity contribution in [3.8, 4) is 5.95 Å². The van der Waals surface area contributed by atoms with Crippen LogP contribution in [0.25, 0.3) is 61.7 Å². The number of imidazole rings is 1. The van der Waals surface area contributed by atoms with Crippen LogP contribution in [0, 0.1) is 6.92 Å². The monoisotopic (exact) mass is 556 g/mol. The maximum atomic E-state index is 5.30. The van der Waals surface area contributed by atoms with Gasteiger partial charge in [-0.1, -0.05) is 91.5 Å². The van der Waals surface area contributed by atoms with Crippen LogP contribution in [0.4, 0.5) is 0 Å². The number of rotatable bonds is 6. The molecule has 0 amide bonds. The normalized spacial score (nSPS) is 12.8. The van der Waals surface area contributed by atoms with E-state index in [1.54, 1.807) is 0 Å². The summed E-state index contributed by atoms with van der Waals surface area (Å²) in [6, 6.07) is 33.8. The lowest BCUT2D eigenvalue weighted by Gasteiger charge is -2.13. The fourth-order valence-electron chi connectivity index (χ4n) is 6.07. The van der Waals surface area contributed by atoms with E-state index in [1.165, 1.54) is 22.1 Å². The Kier molecular flexibility index (Phi) is 6.59. The predicted molar refractivity (Wildman–Crippen MR) is 183 cm³/mol. The number of benzene rings is 4. The van der Waals surface area contributed by atoms with Crippen molar-refractivity contribution in [2.24, 2.45) is 0 Å². The Bertz CT molecular complexity index is 2270. The van der Waals surface area contributed by atoms with Crippen LogP contribution in [0.5, 0.6) is 0 Å². The fraction of sp³-hybridized carbons (Fsp3) is 0.0769. The molecular weight excluding hydrogens is 524 g/mol. The highest BCUT2D eigenvalue weighted by Gasteiger charge is 2.21. The van der Waals surface area contributed by atoms with E-state index in [9.17, 15) is 0 Å². The molecule has 0 aliphatic heterocycles. The Morgan fingerprint density at radius 2 is 1.51 bits per heavy atom. The van der Waals surface area contributed by atoms with Gasteiger partial charge in [0, 0.05) is 22.0 Å². The van der Waals surface area contributed by atoms with E-state index in [0.29, 0.717) is 0 Å². The molecule has 3 aromatic heterocycles. The molecule has 0 atom stereocenters. The Morgan fingerprint density at radius 1 is 0.767 bits per heavy atom. The molecule has 0 unspecified atom stereocenters. The summed E-state index contributed by atoms with van der Waals surface area (Å²) in [4.78, 5) is 10.4. The lowest BCUT2D eigenvalue weighted by atomic mass is 9.99. The standard InChI is InChI=1S/C39H32N4/c1-5-7-15-28(6-2)30-22-23-36-33(25-30)32(24-26(3)29-16-9-8-10-17-29)27(4)42(36)39-41-34-19-12-11-18-31(34)38-40-35-20-13-14-21-37(35)43(38)39/h5-25H,1H2,2-4H3/b15-7-,26-24+,28-6+. The SMILES string of the molecule is C=C/C=C\C(=C/C)c1ccc2c(c1)c(/C=C(\C)c1ccccc1)c(C)n2-c1nc2ccccc2c2nc3ccccc3n12. The van der Waals surface area contributed by atoms with Crippen molar-refractivity contribution in [1.82, 2.24) is 18.9 Å². The molecule has 0 bridgehead atoms. The first-order chi connectivity index (χ1) is 21.1. The van der Waals surface area contributed by atoms with Gasteiger partial charge in [0.05, 0.1) is 22.1 Å². The second kappa shape index (κ2) is 10.7. The topological polar surface area (TPSA) is 35.1 Å². The molecule has 0 aliphatic carbocycles. The first-order valence-electron chi connectivity index (χ1n) is 14.6. The van der Waals surface area contributed by atoms with Crippen LogP contribution in [0.3, 0.4) is 0 Å². The summed E-state index contributed by atoms with van der Waals surface area (Å²) in [5.74, 6) is 0.826. The van der Waals surface area contributed by atoms with Crippen molar-refractivity contribution in [3.63, 3.8) is 0 Å². The van der Waals surface area contributed by atoms with Crippen molar-refractivity contribution < 1.29 is 0 Å². The Labute approximate surface area is 251 Å². The van der Waals surface area contributed by atoms with Crippen LogP contribution in [0.1, 0.15) is 36.2 Å². The molecule has 0 saturated heterocycles. The number of para-hydroxylation sites is 3. The second-order valence-corrected chi connectivity index (χ2v) is 10.8. The fourth-order valence-corrected chi connectivity index (χ4v) is 6.07. The first kappa shape index (κ1) is 26.4. The van der Waals surface area contributed by atoms with Gasteiger partial charge in [0.1, 0.15) is 5.65 Å². The number of nitrogens with zero attached hydrogens (tertiary/aromatic N) is 4. The van der Waals surface area contributed by atoms with Crippen LogP contribution >= 0.6 is 0 Å². The highest BCUT2D eigenvalue weighted by Crippen LogP contribution is 2.36. The lowest BCUT2D eigenvalue weighted by molar-refractivity contribution is 0.920. The van der Waals surface area contributed by atoms with Gasteiger partial charge < -0.3 is 0 Å². The molecule has 7 rings (SSSR count). The molecule has 0 spiro atoms. The molecule has 0 radical (unpaired) electrons.